The van der Waals surface area contributed by atoms with Gasteiger partial charge in [-0.2, -0.15) is 0 Å². The summed E-state index contributed by atoms with van der Waals surface area (Å²) in [6.45, 7) is 8.54. The molecule has 0 aromatic heterocycles. The summed E-state index contributed by atoms with van der Waals surface area (Å²) in [4.78, 5) is 22.2. The van der Waals surface area contributed by atoms with Crippen LogP contribution in [0.5, 0.6) is 0 Å². The highest BCUT2D eigenvalue weighted by Crippen LogP contribution is 1.96. The molecule has 0 aromatic rings. The topological polar surface area (TPSA) is 87.7 Å². The van der Waals surface area contributed by atoms with Crippen molar-refractivity contribution >= 4 is 12.0 Å². The predicted molar refractivity (Wildman–Crippen MR) is 68.5 cm³/mol. The number of carboxylic acids is 1. The van der Waals surface area contributed by atoms with Crippen LogP contribution in [-0.4, -0.2) is 42.9 Å². The second-order valence-electron chi connectivity index (χ2n) is 4.09. The Morgan fingerprint density at radius 2 is 2.11 bits per heavy atom. The van der Waals surface area contributed by atoms with E-state index in [2.05, 4.69) is 17.2 Å². The van der Waals surface area contributed by atoms with Crippen molar-refractivity contribution in [2.24, 2.45) is 0 Å². The van der Waals surface area contributed by atoms with Crippen LogP contribution in [0.1, 0.15) is 26.7 Å². The summed E-state index contributed by atoms with van der Waals surface area (Å²) < 4.78 is 5.19. The summed E-state index contributed by atoms with van der Waals surface area (Å²) in [7, 11) is 0. The number of hydrogen-bond donors (Lipinski definition) is 3. The molecular weight excluding hydrogens is 236 g/mol. The molecule has 1 unspecified atom stereocenters. The lowest BCUT2D eigenvalue weighted by Crippen LogP contribution is -2.46. The number of nitrogens with one attached hydrogen (secondary N) is 2. The maximum atomic E-state index is 11.4. The Morgan fingerprint density at radius 3 is 2.61 bits per heavy atom. The van der Waals surface area contributed by atoms with Gasteiger partial charge in [0, 0.05) is 6.54 Å². The third kappa shape index (κ3) is 8.58. The fourth-order valence-electron chi connectivity index (χ4n) is 1.24. The van der Waals surface area contributed by atoms with E-state index >= 15 is 0 Å². The molecule has 6 heteroatoms. The molecule has 0 bridgehead atoms. The Hall–Kier alpha value is -1.56. The van der Waals surface area contributed by atoms with E-state index in [0.29, 0.717) is 32.6 Å². The first kappa shape index (κ1) is 16.4. The van der Waals surface area contributed by atoms with Gasteiger partial charge >= 0.3 is 12.0 Å². The van der Waals surface area contributed by atoms with Crippen LogP contribution in [0, 0.1) is 0 Å². The predicted octanol–water partition coefficient (Wildman–Crippen LogP) is 1.13. The maximum Gasteiger partial charge on any atom is 0.326 e. The molecule has 0 heterocycles. The van der Waals surface area contributed by atoms with Crippen molar-refractivity contribution < 1.29 is 19.4 Å². The number of carbonyl (C=O) groups excluding carboxylic acids is 1. The van der Waals surface area contributed by atoms with E-state index in [0.717, 1.165) is 5.57 Å². The second-order valence-corrected chi connectivity index (χ2v) is 4.09. The van der Waals surface area contributed by atoms with Gasteiger partial charge in [-0.3, -0.25) is 0 Å². The van der Waals surface area contributed by atoms with E-state index in [1.807, 2.05) is 13.8 Å². The number of carbonyl (C=O) groups is 2. The lowest BCUT2D eigenvalue weighted by molar-refractivity contribution is -0.139. The zero-order valence-corrected chi connectivity index (χ0v) is 11.0. The zero-order chi connectivity index (χ0) is 14.0. The Labute approximate surface area is 107 Å². The van der Waals surface area contributed by atoms with Gasteiger partial charge in [0.2, 0.25) is 0 Å². The molecule has 0 saturated heterocycles. The van der Waals surface area contributed by atoms with Crippen molar-refractivity contribution in [2.75, 3.05) is 19.8 Å². The highest BCUT2D eigenvalue weighted by Gasteiger charge is 2.18. The molecule has 0 aliphatic heterocycles. The number of carboxylic acid groups (broad SMARTS) is 1. The molecule has 0 spiro atoms. The quantitative estimate of drug-likeness (QED) is 0.427. The van der Waals surface area contributed by atoms with Crippen LogP contribution in [0.4, 0.5) is 4.79 Å². The Kier molecular flexibility index (Phi) is 8.65. The minimum atomic E-state index is -1.02. The van der Waals surface area contributed by atoms with Crippen molar-refractivity contribution in [3.05, 3.63) is 12.2 Å². The molecule has 0 aromatic carbocycles. The van der Waals surface area contributed by atoms with Crippen LogP contribution in [0.15, 0.2) is 12.2 Å². The standard InChI is InChI=1S/C12H22N2O4/c1-4-5-10(11(15)16)14-12(17)13-6-7-18-8-9(2)3/h10H,2,4-8H2,1,3H3,(H,15,16)(H2,13,14,17). The third-order valence-electron chi connectivity index (χ3n) is 2.06. The van der Waals surface area contributed by atoms with Crippen LogP contribution < -0.4 is 10.6 Å². The summed E-state index contributed by atoms with van der Waals surface area (Å²) in [5.74, 6) is -1.02. The van der Waals surface area contributed by atoms with E-state index in [4.69, 9.17) is 9.84 Å². The van der Waals surface area contributed by atoms with Gasteiger partial charge in [0.25, 0.3) is 0 Å². The number of ether oxygens (including phenoxy) is 1. The molecule has 0 saturated carbocycles. The van der Waals surface area contributed by atoms with Gasteiger partial charge in [-0.05, 0) is 13.3 Å². The maximum absolute atomic E-state index is 11.4. The minimum Gasteiger partial charge on any atom is -0.480 e. The van der Waals surface area contributed by atoms with E-state index in [1.54, 1.807) is 0 Å². The smallest absolute Gasteiger partial charge is 0.326 e. The Bertz CT molecular complexity index is 292. The van der Waals surface area contributed by atoms with Gasteiger partial charge in [-0.25, -0.2) is 9.59 Å². The van der Waals surface area contributed by atoms with Crippen LogP contribution in [0.25, 0.3) is 0 Å². The van der Waals surface area contributed by atoms with Crippen LogP contribution in [0.3, 0.4) is 0 Å². The van der Waals surface area contributed by atoms with Gasteiger partial charge in [0.05, 0.1) is 13.2 Å². The van der Waals surface area contributed by atoms with Crippen molar-refractivity contribution in [3.63, 3.8) is 0 Å². The molecule has 104 valence electrons. The molecule has 18 heavy (non-hydrogen) atoms. The minimum absolute atomic E-state index is 0.331. The summed E-state index contributed by atoms with van der Waals surface area (Å²) >= 11 is 0. The first-order valence-electron chi connectivity index (χ1n) is 5.96. The lowest BCUT2D eigenvalue weighted by atomic mass is 10.2. The number of aliphatic carboxylic acids is 1. The Morgan fingerprint density at radius 1 is 1.44 bits per heavy atom. The average Bonchev–Trinajstić information content (AvgIpc) is 2.27. The second kappa shape index (κ2) is 9.47. The van der Waals surface area contributed by atoms with Gasteiger partial charge in [-0.1, -0.05) is 25.5 Å². The Balaban J connectivity index is 3.74. The molecule has 0 rings (SSSR count). The van der Waals surface area contributed by atoms with Crippen molar-refractivity contribution in [1.82, 2.24) is 10.6 Å². The fourth-order valence-corrected chi connectivity index (χ4v) is 1.24. The molecule has 0 aliphatic rings. The number of urea groups is 1. The number of amides is 2. The normalized spacial score (nSPS) is 11.7. The molecule has 0 fully saturated rings. The molecule has 6 nitrogen and oxygen atoms in total. The van der Waals surface area contributed by atoms with E-state index in [1.165, 1.54) is 0 Å². The third-order valence-corrected chi connectivity index (χ3v) is 2.06. The van der Waals surface area contributed by atoms with E-state index in [-0.39, 0.29) is 0 Å². The van der Waals surface area contributed by atoms with Crippen molar-refractivity contribution in [3.8, 4) is 0 Å². The first-order chi connectivity index (χ1) is 8.47. The van der Waals surface area contributed by atoms with Crippen LogP contribution in [-0.2, 0) is 9.53 Å². The molecule has 0 radical (unpaired) electrons. The molecular formula is C12H22N2O4. The van der Waals surface area contributed by atoms with Gasteiger partial charge in [-0.15, -0.1) is 0 Å². The highest BCUT2D eigenvalue weighted by molar-refractivity contribution is 5.82. The molecule has 0 aliphatic carbocycles. The molecule has 2 amide bonds. The summed E-state index contributed by atoms with van der Waals surface area (Å²) in [5, 5.41) is 13.8. The van der Waals surface area contributed by atoms with Gasteiger partial charge in [0.15, 0.2) is 0 Å². The largest absolute Gasteiger partial charge is 0.480 e. The van der Waals surface area contributed by atoms with Crippen molar-refractivity contribution in [2.45, 2.75) is 32.7 Å². The van der Waals surface area contributed by atoms with E-state index < -0.39 is 18.0 Å². The zero-order valence-electron chi connectivity index (χ0n) is 11.0. The van der Waals surface area contributed by atoms with Crippen molar-refractivity contribution in [1.29, 1.82) is 0 Å². The highest BCUT2D eigenvalue weighted by atomic mass is 16.5. The van der Waals surface area contributed by atoms with Gasteiger partial charge in [0.1, 0.15) is 6.04 Å². The SMILES string of the molecule is C=C(C)COCCNC(=O)NC(CCC)C(=O)O. The van der Waals surface area contributed by atoms with E-state index in [9.17, 15) is 9.59 Å². The molecule has 3 N–H and O–H groups in total. The lowest BCUT2D eigenvalue weighted by Gasteiger charge is -2.14. The summed E-state index contributed by atoms with van der Waals surface area (Å²) in [6, 6.07) is -1.33. The fraction of sp³-hybridized carbons (Fsp3) is 0.667. The number of hydrogen-bond acceptors (Lipinski definition) is 3. The van der Waals surface area contributed by atoms with Gasteiger partial charge < -0.3 is 20.5 Å². The monoisotopic (exact) mass is 258 g/mol. The average molecular weight is 258 g/mol. The van der Waals surface area contributed by atoms with Crippen LogP contribution >= 0.6 is 0 Å². The number of rotatable bonds is 9. The van der Waals surface area contributed by atoms with Crippen LogP contribution in [0.2, 0.25) is 0 Å². The molecule has 1 atom stereocenters. The summed E-state index contributed by atoms with van der Waals surface area (Å²) in [6.07, 6.45) is 1.11. The first-order valence-corrected chi connectivity index (χ1v) is 5.96. The summed E-state index contributed by atoms with van der Waals surface area (Å²) in [5.41, 5.74) is 0.910.